The Bertz CT molecular complexity index is 498. The molecule has 0 radical (unpaired) electrons. The Balaban J connectivity index is 1.99. The number of aromatic carboxylic acids is 1. The van der Waals surface area contributed by atoms with E-state index in [2.05, 4.69) is 33.8 Å². The molecule has 1 fully saturated rings. The third-order valence-corrected chi connectivity index (χ3v) is 3.73. The van der Waals surface area contributed by atoms with Crippen LogP contribution < -0.4 is 10.6 Å². The normalized spacial score (nSPS) is 16.4. The minimum atomic E-state index is -1.01. The average Bonchev–Trinajstić information content (AvgIpc) is 2.45. The molecule has 7 nitrogen and oxygen atoms in total. The summed E-state index contributed by atoms with van der Waals surface area (Å²) in [7, 11) is 4.14. The molecule has 3 N–H and O–H groups in total. The van der Waals surface area contributed by atoms with Crippen molar-refractivity contribution < 1.29 is 9.90 Å². The number of pyridine rings is 1. The number of anilines is 2. The number of carboxylic acids is 1. The molecule has 1 saturated heterocycles. The van der Waals surface area contributed by atoms with E-state index in [9.17, 15) is 4.79 Å². The number of aromatic nitrogens is 1. The summed E-state index contributed by atoms with van der Waals surface area (Å²) in [6.45, 7) is 5.58. The molecule has 0 bridgehead atoms. The maximum absolute atomic E-state index is 11.1. The van der Waals surface area contributed by atoms with Crippen LogP contribution in [0.15, 0.2) is 12.3 Å². The summed E-state index contributed by atoms with van der Waals surface area (Å²) < 4.78 is 0. The molecule has 1 aromatic heterocycles. The second kappa shape index (κ2) is 6.73. The highest BCUT2D eigenvalue weighted by Gasteiger charge is 2.21. The van der Waals surface area contributed by atoms with Crippen LogP contribution in [0.2, 0.25) is 0 Å². The lowest BCUT2D eigenvalue weighted by Gasteiger charge is -2.36. The Kier molecular flexibility index (Phi) is 4.98. The van der Waals surface area contributed by atoms with Crippen molar-refractivity contribution >= 4 is 17.5 Å². The summed E-state index contributed by atoms with van der Waals surface area (Å²) in [5.41, 5.74) is 6.32. The Hall–Kier alpha value is -1.86. The molecular weight excluding hydrogens is 270 g/mol. The SMILES string of the molecule is CN(C)CCN1CCN(c2nccc(C(=O)O)c2N)CC1. The molecule has 0 atom stereocenters. The van der Waals surface area contributed by atoms with Gasteiger partial charge in [-0.25, -0.2) is 9.78 Å². The number of nitrogens with zero attached hydrogens (tertiary/aromatic N) is 4. The molecule has 0 amide bonds. The van der Waals surface area contributed by atoms with E-state index in [1.807, 2.05) is 0 Å². The van der Waals surface area contributed by atoms with Gasteiger partial charge >= 0.3 is 5.97 Å². The monoisotopic (exact) mass is 293 g/mol. The molecule has 1 aliphatic heterocycles. The summed E-state index contributed by atoms with van der Waals surface area (Å²) in [4.78, 5) is 22.0. The van der Waals surface area contributed by atoms with Crippen LogP contribution in [0.5, 0.6) is 0 Å². The van der Waals surface area contributed by atoms with E-state index < -0.39 is 5.97 Å². The Morgan fingerprint density at radius 3 is 2.62 bits per heavy atom. The number of likely N-dealkylation sites (N-methyl/N-ethyl adjacent to an activating group) is 1. The first-order valence-electron chi connectivity index (χ1n) is 7.09. The molecule has 0 aromatic carbocycles. The van der Waals surface area contributed by atoms with Crippen LogP contribution in [-0.2, 0) is 0 Å². The number of hydrogen-bond donors (Lipinski definition) is 2. The first kappa shape index (κ1) is 15.5. The van der Waals surface area contributed by atoms with Crippen molar-refractivity contribution in [1.82, 2.24) is 14.8 Å². The van der Waals surface area contributed by atoms with E-state index in [0.29, 0.717) is 5.82 Å². The summed E-state index contributed by atoms with van der Waals surface area (Å²) in [6, 6.07) is 1.44. The molecule has 0 saturated carbocycles. The number of carbonyl (C=O) groups is 1. The fourth-order valence-corrected chi connectivity index (χ4v) is 2.43. The fraction of sp³-hybridized carbons (Fsp3) is 0.571. The topological polar surface area (TPSA) is 85.9 Å². The van der Waals surface area contributed by atoms with Crippen LogP contribution in [0.25, 0.3) is 0 Å². The number of nitrogen functional groups attached to an aromatic ring is 1. The van der Waals surface area contributed by atoms with Crippen LogP contribution in [0.4, 0.5) is 11.5 Å². The van der Waals surface area contributed by atoms with Crippen LogP contribution in [0.1, 0.15) is 10.4 Å². The van der Waals surface area contributed by atoms with E-state index in [1.165, 1.54) is 12.3 Å². The number of nitrogens with two attached hydrogens (primary N) is 1. The van der Waals surface area contributed by atoms with Gasteiger partial charge in [0, 0.05) is 45.5 Å². The molecular formula is C14H23N5O2. The van der Waals surface area contributed by atoms with Gasteiger partial charge in [-0.1, -0.05) is 0 Å². The van der Waals surface area contributed by atoms with E-state index in [0.717, 1.165) is 39.3 Å². The number of rotatable bonds is 5. The van der Waals surface area contributed by atoms with E-state index in [-0.39, 0.29) is 11.3 Å². The van der Waals surface area contributed by atoms with Gasteiger partial charge in [0.15, 0.2) is 5.82 Å². The summed E-state index contributed by atoms with van der Waals surface area (Å²) >= 11 is 0. The van der Waals surface area contributed by atoms with Gasteiger partial charge in [-0.2, -0.15) is 0 Å². The predicted molar refractivity (Wildman–Crippen MR) is 82.8 cm³/mol. The minimum absolute atomic E-state index is 0.120. The van der Waals surface area contributed by atoms with Gasteiger partial charge in [-0.3, -0.25) is 4.90 Å². The number of carboxylic acid groups (broad SMARTS) is 1. The Morgan fingerprint density at radius 1 is 1.38 bits per heavy atom. The maximum atomic E-state index is 11.1. The van der Waals surface area contributed by atoms with Gasteiger partial charge in [-0.05, 0) is 20.2 Å². The first-order valence-corrected chi connectivity index (χ1v) is 7.09. The van der Waals surface area contributed by atoms with Crippen molar-refractivity contribution in [3.63, 3.8) is 0 Å². The van der Waals surface area contributed by atoms with E-state index in [1.54, 1.807) is 0 Å². The highest BCUT2D eigenvalue weighted by Crippen LogP contribution is 2.24. The zero-order chi connectivity index (χ0) is 15.4. The Morgan fingerprint density at radius 2 is 2.05 bits per heavy atom. The largest absolute Gasteiger partial charge is 0.478 e. The molecule has 0 unspecified atom stereocenters. The lowest BCUT2D eigenvalue weighted by Crippen LogP contribution is -2.48. The van der Waals surface area contributed by atoms with Crippen LogP contribution in [0.3, 0.4) is 0 Å². The first-order chi connectivity index (χ1) is 9.99. The maximum Gasteiger partial charge on any atom is 0.337 e. The molecule has 0 spiro atoms. The molecule has 1 aliphatic rings. The second-order valence-electron chi connectivity index (χ2n) is 5.53. The predicted octanol–water partition coefficient (Wildman–Crippen LogP) is 0.0456. The molecule has 7 heteroatoms. The highest BCUT2D eigenvalue weighted by molar-refractivity contribution is 5.96. The fourth-order valence-electron chi connectivity index (χ4n) is 2.43. The molecule has 116 valence electrons. The Labute approximate surface area is 125 Å². The summed E-state index contributed by atoms with van der Waals surface area (Å²) in [6.07, 6.45) is 1.51. The lowest BCUT2D eigenvalue weighted by molar-refractivity contribution is 0.0698. The highest BCUT2D eigenvalue weighted by atomic mass is 16.4. The third-order valence-electron chi connectivity index (χ3n) is 3.73. The summed E-state index contributed by atoms with van der Waals surface area (Å²) in [5, 5.41) is 9.11. The lowest BCUT2D eigenvalue weighted by atomic mass is 10.2. The second-order valence-corrected chi connectivity index (χ2v) is 5.53. The molecule has 2 rings (SSSR count). The van der Waals surface area contributed by atoms with Gasteiger partial charge in [0.25, 0.3) is 0 Å². The zero-order valence-corrected chi connectivity index (χ0v) is 12.6. The van der Waals surface area contributed by atoms with Gasteiger partial charge in [-0.15, -0.1) is 0 Å². The third kappa shape index (κ3) is 3.83. The van der Waals surface area contributed by atoms with Crippen molar-refractivity contribution in [3.05, 3.63) is 17.8 Å². The van der Waals surface area contributed by atoms with E-state index in [4.69, 9.17) is 10.8 Å². The van der Waals surface area contributed by atoms with Gasteiger partial charge in [0.2, 0.25) is 0 Å². The van der Waals surface area contributed by atoms with Crippen molar-refractivity contribution in [2.75, 3.05) is 64.0 Å². The molecule has 1 aromatic rings. The summed E-state index contributed by atoms with van der Waals surface area (Å²) in [5.74, 6) is -0.428. The van der Waals surface area contributed by atoms with Gasteiger partial charge in [0.1, 0.15) is 0 Å². The number of hydrogen-bond acceptors (Lipinski definition) is 6. The van der Waals surface area contributed by atoms with Crippen molar-refractivity contribution in [2.45, 2.75) is 0 Å². The quantitative estimate of drug-likeness (QED) is 0.793. The molecule has 2 heterocycles. The number of piperazine rings is 1. The molecule has 0 aliphatic carbocycles. The van der Waals surface area contributed by atoms with Crippen molar-refractivity contribution in [3.8, 4) is 0 Å². The standard InChI is InChI=1S/C14H23N5O2/c1-17(2)5-6-18-7-9-19(10-8-18)13-12(15)11(14(20)21)3-4-16-13/h3-4H,5-10,15H2,1-2H3,(H,20,21). The van der Waals surface area contributed by atoms with Crippen molar-refractivity contribution in [2.24, 2.45) is 0 Å². The molecule has 21 heavy (non-hydrogen) atoms. The van der Waals surface area contributed by atoms with Crippen molar-refractivity contribution in [1.29, 1.82) is 0 Å². The van der Waals surface area contributed by atoms with Gasteiger partial charge in [0.05, 0.1) is 11.3 Å². The minimum Gasteiger partial charge on any atom is -0.478 e. The zero-order valence-electron chi connectivity index (χ0n) is 12.6. The van der Waals surface area contributed by atoms with E-state index >= 15 is 0 Å². The average molecular weight is 293 g/mol. The van der Waals surface area contributed by atoms with Gasteiger partial charge < -0.3 is 20.6 Å². The smallest absolute Gasteiger partial charge is 0.337 e. The van der Waals surface area contributed by atoms with Crippen LogP contribution >= 0.6 is 0 Å². The van der Waals surface area contributed by atoms with Crippen LogP contribution in [0, 0.1) is 0 Å². The van der Waals surface area contributed by atoms with Crippen LogP contribution in [-0.4, -0.2) is 79.2 Å².